The second kappa shape index (κ2) is 3.67. The van der Waals surface area contributed by atoms with Gasteiger partial charge in [0.05, 0.1) is 5.52 Å². The minimum Gasteiger partial charge on any atom is -0.255 e. The quantitative estimate of drug-likeness (QED) is 0.620. The lowest BCUT2D eigenvalue weighted by atomic mass is 10.0. The zero-order chi connectivity index (χ0) is 12.0. The van der Waals surface area contributed by atoms with E-state index < -0.39 is 0 Å². The molecule has 3 rings (SSSR count). The first-order chi connectivity index (χ1) is 8.20. The Kier molecular flexibility index (Phi) is 2.26. The zero-order valence-corrected chi connectivity index (χ0v) is 10.4. The number of hydrogen-bond donors (Lipinski definition) is 0. The van der Waals surface area contributed by atoms with Crippen LogP contribution in [0.25, 0.3) is 16.6 Å². The highest BCUT2D eigenvalue weighted by atomic mass is 35.5. The van der Waals surface area contributed by atoms with E-state index in [0.29, 0.717) is 5.28 Å². The smallest absolute Gasteiger partial charge is 0.210 e. The highest BCUT2D eigenvalue weighted by Crippen LogP contribution is 2.25. The molecule has 86 valence electrons. The van der Waals surface area contributed by atoms with Gasteiger partial charge in [-0.2, -0.15) is 0 Å². The van der Waals surface area contributed by atoms with E-state index >= 15 is 0 Å². The Hall–Kier alpha value is -1.68. The number of fused-ring (bicyclic) bond motifs is 3. The number of nitrogens with zero attached hydrogens (tertiary/aromatic N) is 4. The minimum absolute atomic E-state index is 0.399. The topological polar surface area (TPSA) is 43.1 Å². The molecule has 0 N–H and O–H groups in total. The molecule has 0 radical (unpaired) electrons. The van der Waals surface area contributed by atoms with Gasteiger partial charge in [0.1, 0.15) is 6.33 Å². The Labute approximate surface area is 103 Å². The number of rotatable bonds is 1. The summed E-state index contributed by atoms with van der Waals surface area (Å²) in [5.41, 5.74) is 4.07. The van der Waals surface area contributed by atoms with E-state index in [1.54, 1.807) is 10.7 Å². The predicted molar refractivity (Wildman–Crippen MR) is 67.4 cm³/mol. The van der Waals surface area contributed by atoms with Gasteiger partial charge in [-0.1, -0.05) is 13.0 Å². The molecule has 0 unspecified atom stereocenters. The first-order valence-electron chi connectivity index (χ1n) is 5.49. The summed E-state index contributed by atoms with van der Waals surface area (Å²) in [6, 6.07) is 4.21. The Morgan fingerprint density at radius 2 is 2.18 bits per heavy atom. The summed E-state index contributed by atoms with van der Waals surface area (Å²) in [6.45, 7) is 4.18. The van der Waals surface area contributed by atoms with Crippen LogP contribution in [0.4, 0.5) is 0 Å². The van der Waals surface area contributed by atoms with Crippen LogP contribution in [-0.2, 0) is 6.42 Å². The van der Waals surface area contributed by atoms with E-state index in [4.69, 9.17) is 11.6 Å². The van der Waals surface area contributed by atoms with E-state index in [1.165, 1.54) is 11.1 Å². The lowest BCUT2D eigenvalue weighted by Gasteiger charge is -2.07. The number of benzene rings is 1. The van der Waals surface area contributed by atoms with Crippen LogP contribution >= 0.6 is 11.6 Å². The summed E-state index contributed by atoms with van der Waals surface area (Å²) in [5, 5.41) is 9.40. The zero-order valence-electron chi connectivity index (χ0n) is 9.61. The summed E-state index contributed by atoms with van der Waals surface area (Å²) in [7, 11) is 0. The molecule has 0 aliphatic heterocycles. The third-order valence-corrected chi connectivity index (χ3v) is 3.17. The van der Waals surface area contributed by atoms with Crippen molar-refractivity contribution >= 4 is 28.2 Å². The standard InChI is InChI=1S/C12H11ClN4/c1-3-8-4-7(2)5-9-10(8)15-12(13)17-6-14-16-11(9)17/h4-6H,3H2,1-2H3. The Balaban J connectivity index is 2.58. The van der Waals surface area contributed by atoms with Gasteiger partial charge in [0.25, 0.3) is 0 Å². The molecular formula is C12H11ClN4. The number of aryl methyl sites for hydroxylation is 2. The second-order valence-electron chi connectivity index (χ2n) is 4.08. The molecule has 1 aromatic carbocycles. The third kappa shape index (κ3) is 1.48. The molecule has 3 aromatic rings. The molecule has 0 saturated heterocycles. The average Bonchev–Trinajstić information content (AvgIpc) is 2.79. The van der Waals surface area contributed by atoms with Gasteiger partial charge in [0, 0.05) is 5.39 Å². The van der Waals surface area contributed by atoms with Crippen LogP contribution in [0.2, 0.25) is 5.28 Å². The van der Waals surface area contributed by atoms with Gasteiger partial charge < -0.3 is 0 Å². The molecule has 5 heteroatoms. The molecule has 0 aliphatic carbocycles. The van der Waals surface area contributed by atoms with E-state index in [1.807, 2.05) is 0 Å². The largest absolute Gasteiger partial charge is 0.255 e. The fraction of sp³-hybridized carbons (Fsp3) is 0.250. The van der Waals surface area contributed by atoms with Gasteiger partial charge in [0.2, 0.25) is 5.28 Å². The fourth-order valence-electron chi connectivity index (χ4n) is 2.13. The number of hydrogen-bond acceptors (Lipinski definition) is 3. The van der Waals surface area contributed by atoms with E-state index in [0.717, 1.165) is 23.0 Å². The molecule has 2 aromatic heterocycles. The molecule has 0 spiro atoms. The molecule has 0 fully saturated rings. The van der Waals surface area contributed by atoms with Crippen molar-refractivity contribution in [1.82, 2.24) is 19.6 Å². The maximum Gasteiger partial charge on any atom is 0.210 e. The van der Waals surface area contributed by atoms with Gasteiger partial charge in [0.15, 0.2) is 5.65 Å². The van der Waals surface area contributed by atoms with Crippen LogP contribution in [0.5, 0.6) is 0 Å². The molecule has 4 nitrogen and oxygen atoms in total. The van der Waals surface area contributed by atoms with Gasteiger partial charge in [-0.3, -0.25) is 4.40 Å². The predicted octanol–water partition coefficient (Wildman–Crippen LogP) is 2.80. The molecule has 0 amide bonds. The Morgan fingerprint density at radius 3 is 2.94 bits per heavy atom. The molecule has 0 atom stereocenters. The summed E-state index contributed by atoms with van der Waals surface area (Å²) < 4.78 is 1.70. The van der Waals surface area contributed by atoms with E-state index in [-0.39, 0.29) is 0 Å². The Bertz CT molecular complexity index is 717. The van der Waals surface area contributed by atoms with Crippen molar-refractivity contribution in [3.8, 4) is 0 Å². The van der Waals surface area contributed by atoms with Crippen molar-refractivity contribution in [1.29, 1.82) is 0 Å². The van der Waals surface area contributed by atoms with Crippen molar-refractivity contribution < 1.29 is 0 Å². The van der Waals surface area contributed by atoms with Crippen LogP contribution < -0.4 is 0 Å². The van der Waals surface area contributed by atoms with Crippen molar-refractivity contribution in [3.05, 3.63) is 34.9 Å². The van der Waals surface area contributed by atoms with Crippen molar-refractivity contribution in [2.75, 3.05) is 0 Å². The maximum absolute atomic E-state index is 6.12. The minimum atomic E-state index is 0.399. The van der Waals surface area contributed by atoms with Gasteiger partial charge in [-0.15, -0.1) is 10.2 Å². The Morgan fingerprint density at radius 1 is 1.35 bits per heavy atom. The van der Waals surface area contributed by atoms with Gasteiger partial charge >= 0.3 is 0 Å². The van der Waals surface area contributed by atoms with Gasteiger partial charge in [-0.25, -0.2) is 4.98 Å². The van der Waals surface area contributed by atoms with Crippen LogP contribution in [-0.4, -0.2) is 19.6 Å². The summed E-state index contributed by atoms with van der Waals surface area (Å²) in [4.78, 5) is 4.44. The lowest BCUT2D eigenvalue weighted by Crippen LogP contribution is -1.96. The van der Waals surface area contributed by atoms with Crippen LogP contribution in [0, 0.1) is 6.92 Å². The summed E-state index contributed by atoms with van der Waals surface area (Å²) in [6.07, 6.45) is 2.50. The number of halogens is 1. The normalized spacial score (nSPS) is 11.5. The number of aromatic nitrogens is 4. The van der Waals surface area contributed by atoms with Gasteiger partial charge in [-0.05, 0) is 42.1 Å². The van der Waals surface area contributed by atoms with Crippen LogP contribution in [0.1, 0.15) is 18.1 Å². The maximum atomic E-state index is 6.12. The molecule has 0 bridgehead atoms. The molecular weight excluding hydrogens is 236 g/mol. The molecule has 0 aliphatic rings. The molecule has 17 heavy (non-hydrogen) atoms. The van der Waals surface area contributed by atoms with E-state index in [2.05, 4.69) is 41.2 Å². The first-order valence-corrected chi connectivity index (χ1v) is 5.87. The SMILES string of the molecule is CCc1cc(C)cc2c1nc(Cl)n1cnnc21. The van der Waals surface area contributed by atoms with Crippen LogP contribution in [0.15, 0.2) is 18.5 Å². The summed E-state index contributed by atoms with van der Waals surface area (Å²) >= 11 is 6.12. The van der Waals surface area contributed by atoms with Crippen molar-refractivity contribution in [2.45, 2.75) is 20.3 Å². The molecule has 0 saturated carbocycles. The van der Waals surface area contributed by atoms with Crippen molar-refractivity contribution in [2.24, 2.45) is 0 Å². The monoisotopic (exact) mass is 246 g/mol. The van der Waals surface area contributed by atoms with Crippen LogP contribution in [0.3, 0.4) is 0 Å². The fourth-order valence-corrected chi connectivity index (χ4v) is 2.33. The third-order valence-electron chi connectivity index (χ3n) is 2.91. The van der Waals surface area contributed by atoms with E-state index in [9.17, 15) is 0 Å². The van der Waals surface area contributed by atoms with Crippen molar-refractivity contribution in [3.63, 3.8) is 0 Å². The first kappa shape index (κ1) is 10.5. The lowest BCUT2D eigenvalue weighted by molar-refractivity contribution is 1.07. The highest BCUT2D eigenvalue weighted by molar-refractivity contribution is 6.29. The summed E-state index contributed by atoms with van der Waals surface area (Å²) in [5.74, 6) is 0. The average molecular weight is 247 g/mol. The molecule has 2 heterocycles. The second-order valence-corrected chi connectivity index (χ2v) is 4.42. The highest BCUT2D eigenvalue weighted by Gasteiger charge is 2.11.